The summed E-state index contributed by atoms with van der Waals surface area (Å²) in [6, 6.07) is 13.4. The summed E-state index contributed by atoms with van der Waals surface area (Å²) in [5.41, 5.74) is 7.81. The van der Waals surface area contributed by atoms with E-state index in [-0.39, 0.29) is 6.04 Å². The highest BCUT2D eigenvalue weighted by molar-refractivity contribution is 5.49. The van der Waals surface area contributed by atoms with Crippen LogP contribution in [0.2, 0.25) is 0 Å². The van der Waals surface area contributed by atoms with Crippen LogP contribution in [0.5, 0.6) is 0 Å². The molecule has 0 bridgehead atoms. The predicted octanol–water partition coefficient (Wildman–Crippen LogP) is 3.96. The summed E-state index contributed by atoms with van der Waals surface area (Å²) in [4.78, 5) is 0. The van der Waals surface area contributed by atoms with Crippen molar-refractivity contribution in [1.29, 1.82) is 0 Å². The lowest BCUT2D eigenvalue weighted by atomic mass is 9.91. The molecule has 0 radical (unpaired) electrons. The van der Waals surface area contributed by atoms with E-state index >= 15 is 0 Å². The van der Waals surface area contributed by atoms with Gasteiger partial charge in [-0.1, -0.05) is 24.3 Å². The van der Waals surface area contributed by atoms with Gasteiger partial charge in [-0.05, 0) is 67.8 Å². The van der Waals surface area contributed by atoms with Crippen LogP contribution in [0.4, 0.5) is 5.69 Å². The minimum atomic E-state index is 0.225. The molecule has 0 saturated heterocycles. The Hall–Kier alpha value is -1.80. The summed E-state index contributed by atoms with van der Waals surface area (Å²) in [6.07, 6.45) is 0. The van der Waals surface area contributed by atoms with Gasteiger partial charge in [0.1, 0.15) is 0 Å². The first-order valence-electron chi connectivity index (χ1n) is 7.09. The SMILES string of the molecule is CNc1cccc(C(NC)c2cc(C)c(C)cc2C)c1. The van der Waals surface area contributed by atoms with Crippen LogP contribution < -0.4 is 10.6 Å². The first kappa shape index (κ1) is 14.6. The van der Waals surface area contributed by atoms with E-state index < -0.39 is 0 Å². The molecule has 1 unspecified atom stereocenters. The summed E-state index contributed by atoms with van der Waals surface area (Å²) in [7, 11) is 3.97. The Labute approximate surface area is 122 Å². The molecule has 0 aliphatic carbocycles. The summed E-state index contributed by atoms with van der Waals surface area (Å²) in [5.74, 6) is 0. The van der Waals surface area contributed by atoms with E-state index in [4.69, 9.17) is 0 Å². The lowest BCUT2D eigenvalue weighted by molar-refractivity contribution is 0.687. The Morgan fingerprint density at radius 3 is 2.20 bits per heavy atom. The molecule has 0 fully saturated rings. The standard InChI is InChI=1S/C18H24N2/c1-12-9-14(3)17(10-13(12)2)18(20-5)15-7-6-8-16(11-15)19-4/h6-11,18-20H,1-5H3. The van der Waals surface area contributed by atoms with Gasteiger partial charge in [-0.3, -0.25) is 0 Å². The highest BCUT2D eigenvalue weighted by Gasteiger charge is 2.15. The molecule has 0 heterocycles. The number of aryl methyl sites for hydroxylation is 3. The first-order valence-corrected chi connectivity index (χ1v) is 7.09. The average Bonchev–Trinajstić information content (AvgIpc) is 2.45. The van der Waals surface area contributed by atoms with Crippen LogP contribution in [0.3, 0.4) is 0 Å². The van der Waals surface area contributed by atoms with Crippen LogP contribution in [0, 0.1) is 20.8 Å². The highest BCUT2D eigenvalue weighted by Crippen LogP contribution is 2.28. The van der Waals surface area contributed by atoms with Crippen LogP contribution in [-0.4, -0.2) is 14.1 Å². The van der Waals surface area contributed by atoms with Crippen LogP contribution in [0.15, 0.2) is 36.4 Å². The molecule has 2 aromatic rings. The second-order valence-corrected chi connectivity index (χ2v) is 5.39. The smallest absolute Gasteiger partial charge is 0.0577 e. The Balaban J connectivity index is 2.49. The summed E-state index contributed by atoms with van der Waals surface area (Å²) >= 11 is 0. The third-order valence-corrected chi connectivity index (χ3v) is 3.99. The van der Waals surface area contributed by atoms with E-state index in [0.29, 0.717) is 0 Å². The summed E-state index contributed by atoms with van der Waals surface area (Å²) in [5, 5.41) is 6.65. The molecule has 20 heavy (non-hydrogen) atoms. The van der Waals surface area contributed by atoms with Crippen molar-refractivity contribution >= 4 is 5.69 Å². The summed E-state index contributed by atoms with van der Waals surface area (Å²) < 4.78 is 0. The molecule has 2 aromatic carbocycles. The zero-order valence-corrected chi connectivity index (χ0v) is 13.0. The quantitative estimate of drug-likeness (QED) is 0.877. The third kappa shape index (κ3) is 2.86. The van der Waals surface area contributed by atoms with Gasteiger partial charge in [0.2, 0.25) is 0 Å². The molecular weight excluding hydrogens is 244 g/mol. The minimum Gasteiger partial charge on any atom is -0.388 e. The number of hydrogen-bond donors (Lipinski definition) is 2. The zero-order valence-electron chi connectivity index (χ0n) is 13.0. The van der Waals surface area contributed by atoms with Gasteiger partial charge in [-0.25, -0.2) is 0 Å². The van der Waals surface area contributed by atoms with E-state index in [1.807, 2.05) is 14.1 Å². The van der Waals surface area contributed by atoms with E-state index in [1.54, 1.807) is 0 Å². The van der Waals surface area contributed by atoms with Gasteiger partial charge >= 0.3 is 0 Å². The molecule has 106 valence electrons. The molecule has 0 spiro atoms. The maximum absolute atomic E-state index is 3.45. The maximum atomic E-state index is 3.45. The molecule has 0 amide bonds. The van der Waals surface area contributed by atoms with Crippen molar-refractivity contribution in [2.45, 2.75) is 26.8 Å². The summed E-state index contributed by atoms with van der Waals surface area (Å²) in [6.45, 7) is 6.53. The number of benzene rings is 2. The Kier molecular flexibility index (Phi) is 4.46. The van der Waals surface area contributed by atoms with Gasteiger partial charge in [0.05, 0.1) is 6.04 Å². The fraction of sp³-hybridized carbons (Fsp3) is 0.333. The van der Waals surface area contributed by atoms with Crippen LogP contribution >= 0.6 is 0 Å². The van der Waals surface area contributed by atoms with Crippen LogP contribution in [0.25, 0.3) is 0 Å². The molecule has 0 aliphatic rings. The fourth-order valence-electron chi connectivity index (χ4n) is 2.67. The number of hydrogen-bond acceptors (Lipinski definition) is 2. The zero-order chi connectivity index (χ0) is 14.7. The Morgan fingerprint density at radius 1 is 0.850 bits per heavy atom. The van der Waals surface area contributed by atoms with Crippen molar-refractivity contribution in [3.05, 3.63) is 64.2 Å². The molecule has 0 aromatic heterocycles. The fourth-order valence-corrected chi connectivity index (χ4v) is 2.67. The minimum absolute atomic E-state index is 0.225. The van der Waals surface area contributed by atoms with Crippen molar-refractivity contribution < 1.29 is 0 Å². The van der Waals surface area contributed by atoms with Gasteiger partial charge in [-0.15, -0.1) is 0 Å². The monoisotopic (exact) mass is 268 g/mol. The van der Waals surface area contributed by atoms with Gasteiger partial charge in [0, 0.05) is 12.7 Å². The molecule has 2 nitrogen and oxygen atoms in total. The first-order chi connectivity index (χ1) is 9.56. The largest absolute Gasteiger partial charge is 0.388 e. The van der Waals surface area contributed by atoms with Gasteiger partial charge < -0.3 is 10.6 Å². The Morgan fingerprint density at radius 2 is 1.55 bits per heavy atom. The second kappa shape index (κ2) is 6.10. The lowest BCUT2D eigenvalue weighted by Crippen LogP contribution is -2.19. The third-order valence-electron chi connectivity index (χ3n) is 3.99. The average molecular weight is 268 g/mol. The van der Waals surface area contributed by atoms with E-state index in [2.05, 4.69) is 67.8 Å². The number of nitrogens with one attached hydrogen (secondary N) is 2. The molecular formula is C18H24N2. The van der Waals surface area contributed by atoms with Crippen molar-refractivity contribution in [3.8, 4) is 0 Å². The second-order valence-electron chi connectivity index (χ2n) is 5.39. The number of rotatable bonds is 4. The normalized spacial score (nSPS) is 12.2. The van der Waals surface area contributed by atoms with E-state index in [0.717, 1.165) is 5.69 Å². The maximum Gasteiger partial charge on any atom is 0.0577 e. The van der Waals surface area contributed by atoms with Crippen LogP contribution in [0.1, 0.15) is 33.9 Å². The molecule has 2 rings (SSSR count). The van der Waals surface area contributed by atoms with Gasteiger partial charge in [-0.2, -0.15) is 0 Å². The molecule has 0 aliphatic heterocycles. The molecule has 0 saturated carbocycles. The molecule has 2 N–H and O–H groups in total. The molecule has 2 heteroatoms. The van der Waals surface area contributed by atoms with Crippen LogP contribution in [-0.2, 0) is 0 Å². The van der Waals surface area contributed by atoms with E-state index in [9.17, 15) is 0 Å². The van der Waals surface area contributed by atoms with Gasteiger partial charge in [0.25, 0.3) is 0 Å². The topological polar surface area (TPSA) is 24.1 Å². The highest BCUT2D eigenvalue weighted by atomic mass is 14.9. The lowest BCUT2D eigenvalue weighted by Gasteiger charge is -2.21. The predicted molar refractivity (Wildman–Crippen MR) is 87.5 cm³/mol. The van der Waals surface area contributed by atoms with Crippen molar-refractivity contribution in [3.63, 3.8) is 0 Å². The van der Waals surface area contributed by atoms with Gasteiger partial charge in [0.15, 0.2) is 0 Å². The molecule has 1 atom stereocenters. The Bertz CT molecular complexity index is 602. The van der Waals surface area contributed by atoms with Crippen molar-refractivity contribution in [2.24, 2.45) is 0 Å². The number of anilines is 1. The van der Waals surface area contributed by atoms with Crippen molar-refractivity contribution in [2.75, 3.05) is 19.4 Å². The van der Waals surface area contributed by atoms with E-state index in [1.165, 1.54) is 27.8 Å². The van der Waals surface area contributed by atoms with Crippen molar-refractivity contribution in [1.82, 2.24) is 5.32 Å².